The molecular weight excluding hydrogens is 440 g/mol. The van der Waals surface area contributed by atoms with Crippen LogP contribution in [0.5, 0.6) is 5.75 Å². The maximum Gasteiger partial charge on any atom is 0.247 e. The number of likely N-dealkylation sites (tertiary alicyclic amines) is 1. The summed E-state index contributed by atoms with van der Waals surface area (Å²) in [7, 11) is -2.03. The maximum absolute atomic E-state index is 12.8. The first-order valence-corrected chi connectivity index (χ1v) is 12.2. The average Bonchev–Trinajstić information content (AvgIpc) is 3.54. The fraction of sp³-hybridized carbons (Fsp3) is 0.240. The van der Waals surface area contributed by atoms with Gasteiger partial charge in [-0.1, -0.05) is 24.3 Å². The van der Waals surface area contributed by atoms with E-state index in [4.69, 9.17) is 9.15 Å². The molecule has 1 aliphatic heterocycles. The van der Waals surface area contributed by atoms with Gasteiger partial charge in [-0.05, 0) is 66.4 Å². The molecule has 2 aromatic carbocycles. The number of carbonyl (C=O) groups excluding carboxylic acids is 1. The largest absolute Gasteiger partial charge is 0.497 e. The molecule has 0 aliphatic carbocycles. The fourth-order valence-electron chi connectivity index (χ4n) is 3.89. The van der Waals surface area contributed by atoms with Crippen molar-refractivity contribution in [1.82, 2.24) is 9.62 Å². The molecule has 3 aromatic rings. The third-order valence-corrected chi connectivity index (χ3v) is 7.08. The van der Waals surface area contributed by atoms with Crippen molar-refractivity contribution in [2.75, 3.05) is 13.7 Å². The van der Waals surface area contributed by atoms with Crippen LogP contribution in [0, 0.1) is 0 Å². The molecule has 172 valence electrons. The van der Waals surface area contributed by atoms with Gasteiger partial charge in [-0.2, -0.15) is 0 Å². The number of hydrogen-bond donors (Lipinski definition) is 1. The van der Waals surface area contributed by atoms with Gasteiger partial charge in [0.1, 0.15) is 11.5 Å². The Hall–Kier alpha value is -3.36. The van der Waals surface area contributed by atoms with Crippen LogP contribution in [0.3, 0.4) is 0 Å². The van der Waals surface area contributed by atoms with Gasteiger partial charge in [0.2, 0.25) is 15.9 Å². The lowest BCUT2D eigenvalue weighted by atomic mass is 10.0. The Labute approximate surface area is 193 Å². The second kappa shape index (κ2) is 10.1. The predicted octanol–water partition coefficient (Wildman–Crippen LogP) is 4.14. The highest BCUT2D eigenvalue weighted by Gasteiger charge is 2.28. The molecule has 0 bridgehead atoms. The van der Waals surface area contributed by atoms with Crippen LogP contribution in [0.1, 0.15) is 35.8 Å². The Balaban J connectivity index is 1.39. The molecular formula is C25H26N2O5S. The molecule has 1 aliphatic rings. The van der Waals surface area contributed by atoms with E-state index in [2.05, 4.69) is 4.72 Å². The van der Waals surface area contributed by atoms with Gasteiger partial charge in [-0.3, -0.25) is 4.79 Å². The number of ether oxygens (including phenoxy) is 1. The van der Waals surface area contributed by atoms with E-state index in [1.807, 2.05) is 29.2 Å². The highest BCUT2D eigenvalue weighted by molar-refractivity contribution is 7.89. The van der Waals surface area contributed by atoms with E-state index in [9.17, 15) is 13.2 Å². The number of carbonyl (C=O) groups is 1. The lowest BCUT2D eigenvalue weighted by molar-refractivity contribution is -0.126. The lowest BCUT2D eigenvalue weighted by Crippen LogP contribution is -2.28. The van der Waals surface area contributed by atoms with Crippen molar-refractivity contribution in [3.05, 3.63) is 89.9 Å². The zero-order chi connectivity index (χ0) is 23.3. The van der Waals surface area contributed by atoms with E-state index < -0.39 is 10.0 Å². The van der Waals surface area contributed by atoms with Gasteiger partial charge in [0.05, 0.1) is 30.9 Å². The fourth-order valence-corrected chi connectivity index (χ4v) is 4.88. The second-order valence-electron chi connectivity index (χ2n) is 7.77. The summed E-state index contributed by atoms with van der Waals surface area (Å²) in [6.45, 7) is 0.787. The van der Waals surface area contributed by atoms with Crippen LogP contribution in [-0.4, -0.2) is 32.9 Å². The summed E-state index contributed by atoms with van der Waals surface area (Å²) in [5.74, 6) is 1.26. The van der Waals surface area contributed by atoms with E-state index in [1.165, 1.54) is 18.4 Å². The molecule has 33 heavy (non-hydrogen) atoms. The van der Waals surface area contributed by atoms with Crippen LogP contribution >= 0.6 is 0 Å². The SMILES string of the molecule is COc1ccc(C2CCCN2C(=O)/C=C/c2ccc(S(=O)(=O)NCc3ccco3)cc2)cc1. The molecule has 1 unspecified atom stereocenters. The number of nitrogens with zero attached hydrogens (tertiary/aromatic N) is 1. The molecule has 8 heteroatoms. The van der Waals surface area contributed by atoms with Gasteiger partial charge < -0.3 is 14.1 Å². The third kappa shape index (κ3) is 5.53. The molecule has 0 saturated carbocycles. The predicted molar refractivity (Wildman–Crippen MR) is 125 cm³/mol. The van der Waals surface area contributed by atoms with Crippen LogP contribution in [0.15, 0.2) is 82.3 Å². The first-order chi connectivity index (χ1) is 16.0. The highest BCUT2D eigenvalue weighted by atomic mass is 32.2. The zero-order valence-corrected chi connectivity index (χ0v) is 19.1. The van der Waals surface area contributed by atoms with E-state index in [-0.39, 0.29) is 23.4 Å². The minimum Gasteiger partial charge on any atom is -0.497 e. The normalized spacial score (nSPS) is 16.4. The average molecular weight is 467 g/mol. The van der Waals surface area contributed by atoms with Crippen LogP contribution in [0.2, 0.25) is 0 Å². The molecule has 1 saturated heterocycles. The van der Waals surface area contributed by atoms with E-state index in [1.54, 1.807) is 43.5 Å². The third-order valence-electron chi connectivity index (χ3n) is 5.66. The number of nitrogens with one attached hydrogen (secondary N) is 1. The number of furan rings is 1. The summed E-state index contributed by atoms with van der Waals surface area (Å²) in [4.78, 5) is 14.9. The molecule has 1 N–H and O–H groups in total. The van der Waals surface area contributed by atoms with Gasteiger partial charge in [-0.15, -0.1) is 0 Å². The molecule has 7 nitrogen and oxygen atoms in total. The lowest BCUT2D eigenvalue weighted by Gasteiger charge is -2.24. The Morgan fingerprint density at radius 3 is 2.58 bits per heavy atom. The summed E-state index contributed by atoms with van der Waals surface area (Å²) < 4.78 is 37.8. The van der Waals surface area contributed by atoms with Crippen LogP contribution in [-0.2, 0) is 21.4 Å². The first-order valence-electron chi connectivity index (χ1n) is 10.7. The maximum atomic E-state index is 12.8. The van der Waals surface area contributed by atoms with Gasteiger partial charge in [0.25, 0.3) is 0 Å². The topological polar surface area (TPSA) is 88.8 Å². The summed E-state index contributed by atoms with van der Waals surface area (Å²) in [6, 6.07) is 17.6. The molecule has 2 heterocycles. The first kappa shape index (κ1) is 22.8. The van der Waals surface area contributed by atoms with Gasteiger partial charge in [0, 0.05) is 12.6 Å². The molecule has 0 radical (unpaired) electrons. The summed E-state index contributed by atoms with van der Waals surface area (Å²) in [5.41, 5.74) is 1.83. The molecule has 1 atom stereocenters. The Kier molecular flexibility index (Phi) is 6.96. The number of amides is 1. The van der Waals surface area contributed by atoms with Gasteiger partial charge in [-0.25, -0.2) is 13.1 Å². The smallest absolute Gasteiger partial charge is 0.247 e. The Bertz CT molecular complexity index is 1200. The Morgan fingerprint density at radius 1 is 1.15 bits per heavy atom. The van der Waals surface area contributed by atoms with Crippen molar-refractivity contribution in [1.29, 1.82) is 0 Å². The monoisotopic (exact) mass is 466 g/mol. The minimum absolute atomic E-state index is 0.0424. The summed E-state index contributed by atoms with van der Waals surface area (Å²) in [6.07, 6.45) is 6.61. The van der Waals surface area contributed by atoms with Crippen molar-refractivity contribution in [3.8, 4) is 5.75 Å². The Morgan fingerprint density at radius 2 is 1.91 bits per heavy atom. The second-order valence-corrected chi connectivity index (χ2v) is 9.54. The van der Waals surface area contributed by atoms with Gasteiger partial charge in [0.15, 0.2) is 0 Å². The summed E-state index contributed by atoms with van der Waals surface area (Å²) in [5, 5.41) is 0. The van der Waals surface area contributed by atoms with Crippen molar-refractivity contribution in [2.45, 2.75) is 30.3 Å². The van der Waals surface area contributed by atoms with E-state index >= 15 is 0 Å². The molecule has 0 spiro atoms. The number of rotatable bonds is 8. The molecule has 4 rings (SSSR count). The van der Waals surface area contributed by atoms with Crippen molar-refractivity contribution in [3.63, 3.8) is 0 Å². The minimum atomic E-state index is -3.66. The van der Waals surface area contributed by atoms with E-state index in [0.717, 1.165) is 29.7 Å². The number of benzene rings is 2. The van der Waals surface area contributed by atoms with Crippen LogP contribution < -0.4 is 9.46 Å². The van der Waals surface area contributed by atoms with Crippen molar-refractivity contribution < 1.29 is 22.4 Å². The van der Waals surface area contributed by atoms with Crippen molar-refractivity contribution in [2.24, 2.45) is 0 Å². The molecule has 1 amide bonds. The zero-order valence-electron chi connectivity index (χ0n) is 18.3. The van der Waals surface area contributed by atoms with E-state index in [0.29, 0.717) is 12.3 Å². The number of methoxy groups -OCH3 is 1. The van der Waals surface area contributed by atoms with Crippen LogP contribution in [0.4, 0.5) is 0 Å². The summed E-state index contributed by atoms with van der Waals surface area (Å²) >= 11 is 0. The van der Waals surface area contributed by atoms with Gasteiger partial charge >= 0.3 is 0 Å². The quantitative estimate of drug-likeness (QED) is 0.504. The highest BCUT2D eigenvalue weighted by Crippen LogP contribution is 2.33. The van der Waals surface area contributed by atoms with Crippen molar-refractivity contribution >= 4 is 22.0 Å². The number of hydrogen-bond acceptors (Lipinski definition) is 5. The van der Waals surface area contributed by atoms with Crippen LogP contribution in [0.25, 0.3) is 6.08 Å². The molecule has 1 aromatic heterocycles. The molecule has 1 fully saturated rings. The standard InChI is InChI=1S/C25H26N2O5S/c1-31-21-11-9-20(10-12-21)24-5-2-16-27(24)25(28)15-8-19-6-13-23(14-7-19)33(29,30)26-18-22-4-3-17-32-22/h3-4,6-15,17,24,26H,2,5,16,18H2,1H3/b15-8+. The number of sulfonamides is 1.